The van der Waals surface area contributed by atoms with Crippen LogP contribution in [0.3, 0.4) is 0 Å². The Morgan fingerprint density at radius 3 is 2.79 bits per heavy atom. The fraction of sp³-hybridized carbons (Fsp3) is 0.312. The van der Waals surface area contributed by atoms with E-state index in [-0.39, 0.29) is 17.9 Å². The van der Waals surface area contributed by atoms with Gasteiger partial charge in [-0.3, -0.25) is 4.79 Å². The molecule has 3 nitrogen and oxygen atoms in total. The van der Waals surface area contributed by atoms with E-state index in [4.69, 9.17) is 0 Å². The first-order chi connectivity index (χ1) is 9.18. The number of para-hydroxylation sites is 1. The van der Waals surface area contributed by atoms with Crippen LogP contribution in [0.25, 0.3) is 0 Å². The van der Waals surface area contributed by atoms with Crippen LogP contribution in [-0.2, 0) is 4.79 Å². The van der Waals surface area contributed by atoms with Crippen LogP contribution in [-0.4, -0.2) is 17.1 Å². The lowest BCUT2D eigenvalue weighted by Gasteiger charge is -2.33. The summed E-state index contributed by atoms with van der Waals surface area (Å²) in [6, 6.07) is 7.63. The third kappa shape index (κ3) is 2.00. The van der Waals surface area contributed by atoms with Crippen LogP contribution in [0.4, 0.5) is 5.69 Å². The van der Waals surface area contributed by atoms with E-state index in [1.807, 2.05) is 42.5 Å². The van der Waals surface area contributed by atoms with Crippen molar-refractivity contribution in [3.8, 4) is 0 Å². The predicted molar refractivity (Wildman–Crippen MR) is 74.7 cm³/mol. The van der Waals surface area contributed by atoms with Gasteiger partial charge in [0.25, 0.3) is 0 Å². The molecule has 19 heavy (non-hydrogen) atoms. The molecule has 0 fully saturated rings. The normalized spacial score (nSPS) is 28.5. The van der Waals surface area contributed by atoms with Crippen molar-refractivity contribution in [3.05, 3.63) is 54.1 Å². The minimum atomic E-state index is -0.524. The molecule has 0 spiro atoms. The minimum absolute atomic E-state index is 0.000741. The Bertz CT molecular complexity index is 562. The van der Waals surface area contributed by atoms with Gasteiger partial charge in [0, 0.05) is 18.4 Å². The summed E-state index contributed by atoms with van der Waals surface area (Å²) in [7, 11) is 0. The molecule has 0 saturated carbocycles. The maximum absolute atomic E-state index is 12.1. The third-order valence-corrected chi connectivity index (χ3v) is 3.90. The van der Waals surface area contributed by atoms with Gasteiger partial charge in [0.15, 0.2) is 0 Å². The molecule has 3 heteroatoms. The predicted octanol–water partition coefficient (Wildman–Crippen LogP) is 2.59. The fourth-order valence-electron chi connectivity index (χ4n) is 3.05. The van der Waals surface area contributed by atoms with Crippen molar-refractivity contribution in [3.63, 3.8) is 0 Å². The SMILES string of the molecule is CC(=O)N1c2ccccc2C(O)CC2C=CC=CC21. The van der Waals surface area contributed by atoms with Crippen molar-refractivity contribution in [1.82, 2.24) is 0 Å². The van der Waals surface area contributed by atoms with Gasteiger partial charge < -0.3 is 10.0 Å². The minimum Gasteiger partial charge on any atom is -0.388 e. The van der Waals surface area contributed by atoms with Crippen LogP contribution in [0.1, 0.15) is 25.0 Å². The Hall–Kier alpha value is -1.87. The van der Waals surface area contributed by atoms with Gasteiger partial charge >= 0.3 is 0 Å². The lowest BCUT2D eigenvalue weighted by Crippen LogP contribution is -2.42. The molecule has 1 aliphatic heterocycles. The third-order valence-electron chi connectivity index (χ3n) is 3.90. The Kier molecular flexibility index (Phi) is 2.99. The van der Waals surface area contributed by atoms with Crippen LogP contribution < -0.4 is 4.90 Å². The van der Waals surface area contributed by atoms with Gasteiger partial charge in [-0.25, -0.2) is 0 Å². The highest BCUT2D eigenvalue weighted by Gasteiger charge is 2.35. The van der Waals surface area contributed by atoms with Crippen molar-refractivity contribution in [2.75, 3.05) is 4.90 Å². The van der Waals surface area contributed by atoms with Crippen LogP contribution in [0, 0.1) is 5.92 Å². The van der Waals surface area contributed by atoms with Crippen molar-refractivity contribution in [1.29, 1.82) is 0 Å². The van der Waals surface area contributed by atoms with E-state index in [0.29, 0.717) is 6.42 Å². The van der Waals surface area contributed by atoms with Crippen LogP contribution in [0.2, 0.25) is 0 Å². The van der Waals surface area contributed by atoms with Gasteiger partial charge in [-0.05, 0) is 12.5 Å². The highest BCUT2D eigenvalue weighted by Crippen LogP contribution is 2.39. The molecule has 1 amide bonds. The zero-order valence-corrected chi connectivity index (χ0v) is 10.9. The van der Waals surface area contributed by atoms with Crippen LogP contribution in [0.5, 0.6) is 0 Å². The maximum atomic E-state index is 12.1. The molecular weight excluding hydrogens is 238 g/mol. The molecule has 1 aromatic rings. The van der Waals surface area contributed by atoms with Gasteiger partial charge in [0.05, 0.1) is 17.8 Å². The van der Waals surface area contributed by atoms with E-state index >= 15 is 0 Å². The number of fused-ring (bicyclic) bond motifs is 2. The van der Waals surface area contributed by atoms with E-state index < -0.39 is 6.10 Å². The summed E-state index contributed by atoms with van der Waals surface area (Å²) in [5.41, 5.74) is 1.67. The Labute approximate surface area is 112 Å². The molecule has 3 rings (SSSR count). The van der Waals surface area contributed by atoms with E-state index in [9.17, 15) is 9.90 Å². The number of rotatable bonds is 0. The zero-order valence-electron chi connectivity index (χ0n) is 10.9. The Morgan fingerprint density at radius 2 is 2.00 bits per heavy atom. The number of aliphatic hydroxyl groups excluding tert-OH is 1. The lowest BCUT2D eigenvalue weighted by atomic mass is 9.89. The van der Waals surface area contributed by atoms with Gasteiger partial charge in [-0.2, -0.15) is 0 Å². The molecule has 0 radical (unpaired) electrons. The quantitative estimate of drug-likeness (QED) is 0.774. The molecule has 0 saturated heterocycles. The summed E-state index contributed by atoms with van der Waals surface area (Å²) < 4.78 is 0. The maximum Gasteiger partial charge on any atom is 0.224 e. The average molecular weight is 255 g/mol. The lowest BCUT2D eigenvalue weighted by molar-refractivity contribution is -0.117. The molecule has 1 heterocycles. The average Bonchev–Trinajstić information content (AvgIpc) is 2.53. The summed E-state index contributed by atoms with van der Waals surface area (Å²) in [5, 5.41) is 10.4. The van der Waals surface area contributed by atoms with Gasteiger partial charge in [-0.15, -0.1) is 0 Å². The molecular formula is C16H17NO2. The van der Waals surface area contributed by atoms with Crippen molar-refractivity contribution >= 4 is 11.6 Å². The molecule has 98 valence electrons. The number of benzene rings is 1. The first-order valence-electron chi connectivity index (χ1n) is 6.60. The number of amides is 1. The number of carbonyl (C=O) groups is 1. The molecule has 0 bridgehead atoms. The second kappa shape index (κ2) is 4.67. The second-order valence-electron chi connectivity index (χ2n) is 5.12. The van der Waals surface area contributed by atoms with Crippen molar-refractivity contribution in [2.45, 2.75) is 25.5 Å². The molecule has 1 aromatic carbocycles. The van der Waals surface area contributed by atoms with E-state index in [1.54, 1.807) is 11.8 Å². The number of anilines is 1. The van der Waals surface area contributed by atoms with Crippen LogP contribution in [0.15, 0.2) is 48.6 Å². The molecule has 0 aromatic heterocycles. The standard InChI is InChI=1S/C16H17NO2/c1-11(18)17-14-8-4-2-6-12(14)10-16(19)13-7-3-5-9-15(13)17/h2-9,12,14,16,19H,10H2,1H3. The zero-order chi connectivity index (χ0) is 13.4. The topological polar surface area (TPSA) is 40.5 Å². The number of carbonyl (C=O) groups excluding carboxylic acids is 1. The number of hydrogen-bond acceptors (Lipinski definition) is 2. The van der Waals surface area contributed by atoms with E-state index in [1.165, 1.54) is 0 Å². The summed E-state index contributed by atoms with van der Waals surface area (Å²) in [4.78, 5) is 13.9. The first kappa shape index (κ1) is 12.2. The Balaban J connectivity index is 2.16. The highest BCUT2D eigenvalue weighted by atomic mass is 16.3. The van der Waals surface area contributed by atoms with Gasteiger partial charge in [0.2, 0.25) is 5.91 Å². The summed E-state index contributed by atoms with van der Waals surface area (Å²) >= 11 is 0. The first-order valence-corrected chi connectivity index (χ1v) is 6.60. The molecule has 3 unspecified atom stereocenters. The Morgan fingerprint density at radius 1 is 1.26 bits per heavy atom. The molecule has 2 aliphatic rings. The number of allylic oxidation sites excluding steroid dienone is 2. The van der Waals surface area contributed by atoms with Gasteiger partial charge in [-0.1, -0.05) is 42.5 Å². The summed E-state index contributed by atoms with van der Waals surface area (Å²) in [6.45, 7) is 1.58. The largest absolute Gasteiger partial charge is 0.388 e. The molecule has 1 N–H and O–H groups in total. The fourth-order valence-corrected chi connectivity index (χ4v) is 3.05. The van der Waals surface area contributed by atoms with Gasteiger partial charge in [0.1, 0.15) is 0 Å². The van der Waals surface area contributed by atoms with Crippen LogP contribution >= 0.6 is 0 Å². The number of nitrogens with zero attached hydrogens (tertiary/aromatic N) is 1. The molecule has 1 aliphatic carbocycles. The number of hydrogen-bond donors (Lipinski definition) is 1. The molecule has 3 atom stereocenters. The monoisotopic (exact) mass is 255 g/mol. The summed E-state index contributed by atoms with van der Waals surface area (Å²) in [5.74, 6) is 0.174. The highest BCUT2D eigenvalue weighted by molar-refractivity contribution is 5.93. The second-order valence-corrected chi connectivity index (χ2v) is 5.12. The van der Waals surface area contributed by atoms with E-state index in [0.717, 1.165) is 11.3 Å². The van der Waals surface area contributed by atoms with Crippen molar-refractivity contribution < 1.29 is 9.90 Å². The smallest absolute Gasteiger partial charge is 0.224 e. The number of aliphatic hydroxyl groups is 1. The van der Waals surface area contributed by atoms with Crippen molar-refractivity contribution in [2.24, 2.45) is 5.92 Å². The summed E-state index contributed by atoms with van der Waals surface area (Å²) in [6.07, 6.45) is 8.20. The van der Waals surface area contributed by atoms with E-state index in [2.05, 4.69) is 6.08 Å².